The van der Waals surface area contributed by atoms with E-state index in [4.69, 9.17) is 0 Å². The number of aromatic nitrogens is 2. The molecule has 0 spiro atoms. The van der Waals surface area contributed by atoms with Gasteiger partial charge in [-0.05, 0) is 35.9 Å². The summed E-state index contributed by atoms with van der Waals surface area (Å²) in [5.74, 6) is -0.277. The molecule has 1 N–H and O–H groups in total. The molecule has 20 heavy (non-hydrogen) atoms. The van der Waals surface area contributed by atoms with Crippen molar-refractivity contribution >= 4 is 27.0 Å². The van der Waals surface area contributed by atoms with Crippen LogP contribution < -0.4 is 0 Å². The fourth-order valence-electron chi connectivity index (χ4n) is 2.34. The lowest BCUT2D eigenvalue weighted by Gasteiger charge is -2.06. The zero-order valence-corrected chi connectivity index (χ0v) is 12.1. The smallest absolute Gasteiger partial charge is 0.140 e. The molecule has 1 aromatic carbocycles. The van der Waals surface area contributed by atoms with Crippen molar-refractivity contribution in [1.82, 2.24) is 9.55 Å². The van der Waals surface area contributed by atoms with Crippen LogP contribution >= 0.6 is 15.9 Å². The Morgan fingerprint density at radius 3 is 2.90 bits per heavy atom. The molecule has 3 aromatic rings. The van der Waals surface area contributed by atoms with Crippen molar-refractivity contribution in [3.05, 3.63) is 64.1 Å². The Balaban J connectivity index is 2.06. The molecule has 5 heteroatoms. The van der Waals surface area contributed by atoms with E-state index in [0.29, 0.717) is 11.0 Å². The second-order valence-corrected chi connectivity index (χ2v) is 5.51. The highest BCUT2D eigenvalue weighted by Crippen LogP contribution is 2.22. The highest BCUT2D eigenvalue weighted by atomic mass is 79.9. The van der Waals surface area contributed by atoms with Gasteiger partial charge in [0, 0.05) is 34.4 Å². The molecule has 0 saturated heterocycles. The van der Waals surface area contributed by atoms with Crippen LogP contribution in [-0.2, 0) is 13.2 Å². The number of nitrogens with zero attached hydrogens (tertiary/aromatic N) is 2. The Labute approximate surface area is 123 Å². The molecular formula is C15H12BrFN2O. The SMILES string of the molecule is OCc1cn(Cc2cc(F)cc(Br)c2)c2ncccc12. The topological polar surface area (TPSA) is 38.0 Å². The van der Waals surface area contributed by atoms with Crippen molar-refractivity contribution in [1.29, 1.82) is 0 Å². The zero-order valence-electron chi connectivity index (χ0n) is 10.6. The molecule has 3 nitrogen and oxygen atoms in total. The van der Waals surface area contributed by atoms with Gasteiger partial charge < -0.3 is 9.67 Å². The predicted molar refractivity (Wildman–Crippen MR) is 78.9 cm³/mol. The lowest BCUT2D eigenvalue weighted by molar-refractivity contribution is 0.283. The minimum Gasteiger partial charge on any atom is -0.392 e. The third-order valence-electron chi connectivity index (χ3n) is 3.16. The Morgan fingerprint density at radius 2 is 2.15 bits per heavy atom. The fraction of sp³-hybridized carbons (Fsp3) is 0.133. The number of hydrogen-bond acceptors (Lipinski definition) is 2. The van der Waals surface area contributed by atoms with Crippen molar-refractivity contribution in [3.8, 4) is 0 Å². The summed E-state index contributed by atoms with van der Waals surface area (Å²) < 4.78 is 16.0. The van der Waals surface area contributed by atoms with Crippen LogP contribution in [0.3, 0.4) is 0 Å². The van der Waals surface area contributed by atoms with Gasteiger partial charge in [0.25, 0.3) is 0 Å². The van der Waals surface area contributed by atoms with E-state index in [9.17, 15) is 9.50 Å². The van der Waals surface area contributed by atoms with Crippen molar-refractivity contribution in [2.45, 2.75) is 13.2 Å². The largest absolute Gasteiger partial charge is 0.392 e. The van der Waals surface area contributed by atoms with Gasteiger partial charge in [-0.3, -0.25) is 0 Å². The molecule has 0 aliphatic heterocycles. The Hall–Kier alpha value is -1.72. The monoisotopic (exact) mass is 334 g/mol. The molecule has 0 atom stereocenters. The number of pyridine rings is 1. The maximum absolute atomic E-state index is 13.4. The predicted octanol–water partition coefficient (Wildman–Crippen LogP) is 3.48. The number of aliphatic hydroxyl groups excluding tert-OH is 1. The van der Waals surface area contributed by atoms with Crippen LogP contribution in [0.5, 0.6) is 0 Å². The van der Waals surface area contributed by atoms with Crippen molar-refractivity contribution in [2.24, 2.45) is 0 Å². The summed E-state index contributed by atoms with van der Waals surface area (Å²) in [6, 6.07) is 8.56. The van der Waals surface area contributed by atoms with E-state index in [1.807, 2.05) is 29.0 Å². The maximum Gasteiger partial charge on any atom is 0.140 e. The normalized spacial score (nSPS) is 11.2. The standard InChI is InChI=1S/C15H12BrFN2O/c16-12-4-10(5-13(17)6-12)7-19-8-11(9-20)14-2-1-3-18-15(14)19/h1-6,8,20H,7,9H2. The number of rotatable bonds is 3. The summed E-state index contributed by atoms with van der Waals surface area (Å²) in [5.41, 5.74) is 2.45. The van der Waals surface area contributed by atoms with Gasteiger partial charge in [0.05, 0.1) is 6.61 Å². The van der Waals surface area contributed by atoms with Gasteiger partial charge in [0.2, 0.25) is 0 Å². The van der Waals surface area contributed by atoms with E-state index < -0.39 is 0 Å². The van der Waals surface area contributed by atoms with Gasteiger partial charge in [-0.1, -0.05) is 15.9 Å². The summed E-state index contributed by atoms with van der Waals surface area (Å²) in [6.07, 6.45) is 3.57. The van der Waals surface area contributed by atoms with Crippen LogP contribution in [0.2, 0.25) is 0 Å². The Morgan fingerprint density at radius 1 is 1.30 bits per heavy atom. The minimum absolute atomic E-state index is 0.0396. The number of hydrogen-bond donors (Lipinski definition) is 1. The quantitative estimate of drug-likeness (QED) is 0.796. The first-order chi connectivity index (χ1) is 9.67. The van der Waals surface area contributed by atoms with Crippen LogP contribution in [0.4, 0.5) is 4.39 Å². The molecule has 0 unspecified atom stereocenters. The Bertz CT molecular complexity index is 749. The average Bonchev–Trinajstić information content (AvgIpc) is 2.76. The molecule has 102 valence electrons. The van der Waals surface area contributed by atoms with Gasteiger partial charge in [-0.15, -0.1) is 0 Å². The molecule has 0 aliphatic rings. The molecule has 0 amide bonds. The summed E-state index contributed by atoms with van der Waals surface area (Å²) in [5, 5.41) is 10.3. The average molecular weight is 335 g/mol. The van der Waals surface area contributed by atoms with Gasteiger partial charge in [-0.25, -0.2) is 9.37 Å². The lowest BCUT2D eigenvalue weighted by atomic mass is 10.2. The van der Waals surface area contributed by atoms with E-state index in [-0.39, 0.29) is 12.4 Å². The molecule has 0 radical (unpaired) electrons. The minimum atomic E-state index is -0.277. The van der Waals surface area contributed by atoms with Gasteiger partial charge in [0.15, 0.2) is 0 Å². The second-order valence-electron chi connectivity index (χ2n) is 4.59. The highest BCUT2D eigenvalue weighted by molar-refractivity contribution is 9.10. The first-order valence-electron chi connectivity index (χ1n) is 6.16. The first kappa shape index (κ1) is 13.3. The summed E-state index contributed by atoms with van der Waals surface area (Å²) in [4.78, 5) is 4.34. The third-order valence-corrected chi connectivity index (χ3v) is 3.62. The molecule has 2 heterocycles. The van der Waals surface area contributed by atoms with Gasteiger partial charge in [0.1, 0.15) is 11.5 Å². The Kier molecular flexibility index (Phi) is 3.54. The summed E-state index contributed by atoms with van der Waals surface area (Å²) in [7, 11) is 0. The van der Waals surface area contributed by atoms with E-state index in [1.165, 1.54) is 12.1 Å². The maximum atomic E-state index is 13.4. The van der Waals surface area contributed by atoms with Crippen molar-refractivity contribution in [3.63, 3.8) is 0 Å². The molecule has 0 bridgehead atoms. The molecule has 0 saturated carbocycles. The van der Waals surface area contributed by atoms with Crippen LogP contribution in [-0.4, -0.2) is 14.7 Å². The zero-order chi connectivity index (χ0) is 14.1. The van der Waals surface area contributed by atoms with Crippen LogP contribution in [0.15, 0.2) is 47.2 Å². The van der Waals surface area contributed by atoms with Crippen molar-refractivity contribution < 1.29 is 9.50 Å². The molecular weight excluding hydrogens is 323 g/mol. The first-order valence-corrected chi connectivity index (χ1v) is 6.95. The number of halogens is 2. The number of fused-ring (bicyclic) bond motifs is 1. The summed E-state index contributed by atoms with van der Waals surface area (Å²) in [6.45, 7) is 0.464. The molecule has 0 aliphatic carbocycles. The third kappa shape index (κ3) is 2.46. The number of benzene rings is 1. The van der Waals surface area contributed by atoms with Crippen LogP contribution in [0, 0.1) is 5.82 Å². The van der Waals surface area contributed by atoms with E-state index >= 15 is 0 Å². The molecule has 3 rings (SSSR count). The van der Waals surface area contributed by atoms with Gasteiger partial charge in [-0.2, -0.15) is 0 Å². The fourth-order valence-corrected chi connectivity index (χ4v) is 2.85. The van der Waals surface area contributed by atoms with E-state index in [2.05, 4.69) is 20.9 Å². The highest BCUT2D eigenvalue weighted by Gasteiger charge is 2.09. The van der Waals surface area contributed by atoms with Crippen molar-refractivity contribution in [2.75, 3.05) is 0 Å². The van der Waals surface area contributed by atoms with E-state index in [1.54, 1.807) is 6.20 Å². The molecule has 2 aromatic heterocycles. The van der Waals surface area contributed by atoms with Crippen LogP contribution in [0.25, 0.3) is 11.0 Å². The second kappa shape index (κ2) is 5.34. The number of aliphatic hydroxyl groups is 1. The molecule has 0 fully saturated rings. The van der Waals surface area contributed by atoms with E-state index in [0.717, 1.165) is 22.2 Å². The van der Waals surface area contributed by atoms with Gasteiger partial charge >= 0.3 is 0 Å². The van der Waals surface area contributed by atoms with Crippen LogP contribution in [0.1, 0.15) is 11.1 Å². The lowest BCUT2D eigenvalue weighted by Crippen LogP contribution is -1.99. The summed E-state index contributed by atoms with van der Waals surface area (Å²) >= 11 is 3.29.